The van der Waals surface area contributed by atoms with Crippen molar-refractivity contribution in [2.75, 3.05) is 13.1 Å². The fourth-order valence-electron chi connectivity index (χ4n) is 1.53. The summed E-state index contributed by atoms with van der Waals surface area (Å²) in [7, 11) is -3.36. The van der Waals surface area contributed by atoms with Gasteiger partial charge in [0.15, 0.2) is 0 Å². The Hall–Kier alpha value is -0.430. The van der Waals surface area contributed by atoms with Crippen molar-refractivity contribution in [3.8, 4) is 0 Å². The number of thiophene rings is 1. The van der Waals surface area contributed by atoms with E-state index in [-0.39, 0.29) is 0 Å². The monoisotopic (exact) mass is 318 g/mol. The molecule has 0 bridgehead atoms. The van der Waals surface area contributed by atoms with Crippen LogP contribution >= 0.6 is 11.3 Å². The van der Waals surface area contributed by atoms with E-state index >= 15 is 0 Å². The van der Waals surface area contributed by atoms with Crippen molar-refractivity contribution in [1.82, 2.24) is 10.0 Å². The average molecular weight is 319 g/mol. The Morgan fingerprint density at radius 3 is 2.55 bits per heavy atom. The van der Waals surface area contributed by atoms with Crippen molar-refractivity contribution >= 4 is 21.4 Å². The van der Waals surface area contributed by atoms with Gasteiger partial charge >= 0.3 is 0 Å². The molecule has 0 amide bonds. The normalized spacial score (nSPS) is 13.8. The van der Waals surface area contributed by atoms with E-state index in [1.165, 1.54) is 11.3 Å². The minimum Gasteiger partial charge on any atom is -0.312 e. The molecule has 0 saturated heterocycles. The lowest BCUT2D eigenvalue weighted by molar-refractivity contribution is 0.415. The molecular weight excluding hydrogens is 292 g/mol. The molecule has 2 N–H and O–H groups in total. The third kappa shape index (κ3) is 5.52. The highest BCUT2D eigenvalue weighted by atomic mass is 32.2. The number of sulfonamides is 1. The molecule has 4 nitrogen and oxygen atoms in total. The predicted octanol–water partition coefficient (Wildman–Crippen LogP) is 2.82. The van der Waals surface area contributed by atoms with Crippen LogP contribution in [-0.4, -0.2) is 21.5 Å². The SMILES string of the molecule is CCCNCc1ccc(S(=O)(=O)NCC(C)C(C)C)s1. The van der Waals surface area contributed by atoms with Crippen molar-refractivity contribution in [3.63, 3.8) is 0 Å². The second kappa shape index (κ2) is 8.12. The highest BCUT2D eigenvalue weighted by Crippen LogP contribution is 2.21. The molecule has 1 unspecified atom stereocenters. The second-order valence-electron chi connectivity index (χ2n) is 5.47. The van der Waals surface area contributed by atoms with Crippen LogP contribution in [0.1, 0.15) is 39.0 Å². The molecule has 0 aliphatic carbocycles. The standard InChI is InChI=1S/C14H26N2O2S2/c1-5-8-15-10-13-6-7-14(19-13)20(17,18)16-9-12(4)11(2)3/h6-7,11-12,15-16H,5,8-10H2,1-4H3. The van der Waals surface area contributed by atoms with Gasteiger partial charge in [0.05, 0.1) is 0 Å². The highest BCUT2D eigenvalue weighted by Gasteiger charge is 2.18. The van der Waals surface area contributed by atoms with E-state index in [0.717, 1.165) is 24.4 Å². The van der Waals surface area contributed by atoms with Crippen LogP contribution in [-0.2, 0) is 16.6 Å². The Morgan fingerprint density at radius 1 is 1.25 bits per heavy atom. The van der Waals surface area contributed by atoms with Gasteiger partial charge in [0.2, 0.25) is 10.0 Å². The van der Waals surface area contributed by atoms with Gasteiger partial charge in [-0.2, -0.15) is 0 Å². The predicted molar refractivity (Wildman–Crippen MR) is 85.5 cm³/mol. The first-order chi connectivity index (χ1) is 9.36. The van der Waals surface area contributed by atoms with Crippen LogP contribution < -0.4 is 10.0 Å². The molecule has 0 radical (unpaired) electrons. The van der Waals surface area contributed by atoms with E-state index in [9.17, 15) is 8.42 Å². The van der Waals surface area contributed by atoms with E-state index in [1.54, 1.807) is 6.07 Å². The summed E-state index contributed by atoms with van der Waals surface area (Å²) in [5.41, 5.74) is 0. The summed E-state index contributed by atoms with van der Waals surface area (Å²) in [6.07, 6.45) is 1.07. The second-order valence-corrected chi connectivity index (χ2v) is 8.63. The van der Waals surface area contributed by atoms with Crippen LogP contribution in [0.4, 0.5) is 0 Å². The van der Waals surface area contributed by atoms with Crippen LogP contribution in [0.15, 0.2) is 16.3 Å². The van der Waals surface area contributed by atoms with Gasteiger partial charge in [-0.05, 0) is 36.9 Å². The van der Waals surface area contributed by atoms with Crippen LogP contribution in [0.3, 0.4) is 0 Å². The molecule has 0 saturated carbocycles. The molecule has 0 aliphatic rings. The largest absolute Gasteiger partial charge is 0.312 e. The maximum absolute atomic E-state index is 12.2. The van der Waals surface area contributed by atoms with Crippen molar-refractivity contribution in [3.05, 3.63) is 17.0 Å². The van der Waals surface area contributed by atoms with Crippen LogP contribution in [0.25, 0.3) is 0 Å². The smallest absolute Gasteiger partial charge is 0.250 e. The van der Waals surface area contributed by atoms with Gasteiger partial charge in [0, 0.05) is 18.0 Å². The lowest BCUT2D eigenvalue weighted by atomic mass is 9.99. The quantitative estimate of drug-likeness (QED) is 0.688. The van der Waals surface area contributed by atoms with Crippen molar-refractivity contribution < 1.29 is 8.42 Å². The maximum Gasteiger partial charge on any atom is 0.250 e. The van der Waals surface area contributed by atoms with Gasteiger partial charge < -0.3 is 5.32 Å². The third-order valence-corrected chi connectivity index (χ3v) is 6.36. The molecule has 116 valence electrons. The van der Waals surface area contributed by atoms with Gasteiger partial charge in [-0.15, -0.1) is 11.3 Å². The molecule has 0 aliphatic heterocycles. The van der Waals surface area contributed by atoms with E-state index in [2.05, 4.69) is 37.7 Å². The number of hydrogen-bond acceptors (Lipinski definition) is 4. The van der Waals surface area contributed by atoms with Gasteiger partial charge in [0.25, 0.3) is 0 Å². The lowest BCUT2D eigenvalue weighted by Crippen LogP contribution is -2.29. The minimum absolute atomic E-state index is 0.329. The Morgan fingerprint density at radius 2 is 1.95 bits per heavy atom. The zero-order chi connectivity index (χ0) is 15.2. The van der Waals surface area contributed by atoms with Gasteiger partial charge in [-0.3, -0.25) is 0 Å². The zero-order valence-corrected chi connectivity index (χ0v) is 14.4. The van der Waals surface area contributed by atoms with Gasteiger partial charge in [0.1, 0.15) is 4.21 Å². The molecule has 0 spiro atoms. The number of hydrogen-bond donors (Lipinski definition) is 2. The van der Waals surface area contributed by atoms with Crippen molar-refractivity contribution in [2.45, 2.75) is 44.9 Å². The topological polar surface area (TPSA) is 58.2 Å². The summed E-state index contributed by atoms with van der Waals surface area (Å²) < 4.78 is 27.5. The van der Waals surface area contributed by atoms with Crippen molar-refractivity contribution in [2.24, 2.45) is 11.8 Å². The first kappa shape index (κ1) is 17.6. The van der Waals surface area contributed by atoms with Crippen molar-refractivity contribution in [1.29, 1.82) is 0 Å². The van der Waals surface area contributed by atoms with E-state index < -0.39 is 10.0 Å². The van der Waals surface area contributed by atoms with Crippen LogP contribution in [0, 0.1) is 11.8 Å². The van der Waals surface area contributed by atoms with E-state index in [1.807, 2.05) is 6.07 Å². The maximum atomic E-state index is 12.2. The number of rotatable bonds is 9. The van der Waals surface area contributed by atoms with E-state index in [0.29, 0.717) is 22.6 Å². The fraction of sp³-hybridized carbons (Fsp3) is 0.714. The molecule has 1 rings (SSSR count). The molecule has 1 aromatic rings. The number of nitrogens with one attached hydrogen (secondary N) is 2. The summed E-state index contributed by atoms with van der Waals surface area (Å²) in [6, 6.07) is 3.57. The van der Waals surface area contributed by atoms with Crippen LogP contribution in [0.2, 0.25) is 0 Å². The Bertz CT molecular complexity index is 495. The molecular formula is C14H26N2O2S2. The zero-order valence-electron chi connectivity index (χ0n) is 12.8. The van der Waals surface area contributed by atoms with Gasteiger partial charge in [-0.1, -0.05) is 27.7 Å². The molecule has 6 heteroatoms. The Balaban J connectivity index is 2.59. The van der Waals surface area contributed by atoms with E-state index in [4.69, 9.17) is 0 Å². The van der Waals surface area contributed by atoms with Gasteiger partial charge in [-0.25, -0.2) is 13.1 Å². The first-order valence-corrected chi connectivity index (χ1v) is 9.46. The highest BCUT2D eigenvalue weighted by molar-refractivity contribution is 7.91. The summed E-state index contributed by atoms with van der Waals surface area (Å²) in [5.74, 6) is 0.797. The summed E-state index contributed by atoms with van der Waals surface area (Å²) >= 11 is 1.34. The first-order valence-electron chi connectivity index (χ1n) is 7.16. The molecule has 20 heavy (non-hydrogen) atoms. The third-order valence-electron chi connectivity index (χ3n) is 3.36. The molecule has 1 aromatic heterocycles. The summed E-state index contributed by atoms with van der Waals surface area (Å²) in [4.78, 5) is 1.05. The molecule has 1 atom stereocenters. The molecule has 0 aromatic carbocycles. The van der Waals surface area contributed by atoms with Crippen LogP contribution in [0.5, 0.6) is 0 Å². The minimum atomic E-state index is -3.36. The Labute approximate surface area is 127 Å². The lowest BCUT2D eigenvalue weighted by Gasteiger charge is -2.15. The summed E-state index contributed by atoms with van der Waals surface area (Å²) in [5, 5.41) is 3.28. The Kier molecular flexibility index (Phi) is 7.15. The molecule has 0 fully saturated rings. The summed E-state index contributed by atoms with van der Waals surface area (Å²) in [6.45, 7) is 10.5. The average Bonchev–Trinajstić information content (AvgIpc) is 2.86. The fourth-order valence-corrected chi connectivity index (χ4v) is 4.05. The molecule has 1 heterocycles.